The minimum atomic E-state index is -0.0912. The van der Waals surface area contributed by atoms with Crippen molar-refractivity contribution in [1.82, 2.24) is 19.7 Å². The molecule has 0 bridgehead atoms. The molecule has 0 atom stereocenters. The topological polar surface area (TPSA) is 72.7 Å². The Morgan fingerprint density at radius 2 is 2.03 bits per heavy atom. The highest BCUT2D eigenvalue weighted by atomic mass is 35.5. The smallest absolute Gasteiger partial charge is 0.234 e. The number of thioether (sulfide) groups is 2. The SMILES string of the molecule is CCn1c(CSc2nc3ccccc3s2)nnc1SCC(=O)Nc1ccc(Cl)cc1C. The summed E-state index contributed by atoms with van der Waals surface area (Å²) in [5.74, 6) is 1.72. The molecule has 31 heavy (non-hydrogen) atoms. The number of anilines is 1. The van der Waals surface area contributed by atoms with Gasteiger partial charge >= 0.3 is 0 Å². The average Bonchev–Trinajstić information content (AvgIpc) is 3.35. The second kappa shape index (κ2) is 10.0. The van der Waals surface area contributed by atoms with E-state index >= 15 is 0 Å². The number of nitrogens with one attached hydrogen (secondary N) is 1. The van der Waals surface area contributed by atoms with Gasteiger partial charge in [-0.05, 0) is 49.7 Å². The zero-order chi connectivity index (χ0) is 21.8. The van der Waals surface area contributed by atoms with Crippen molar-refractivity contribution in [2.75, 3.05) is 11.1 Å². The summed E-state index contributed by atoms with van der Waals surface area (Å²) in [5, 5.41) is 13.0. The molecule has 2 aromatic heterocycles. The molecule has 0 unspecified atom stereocenters. The maximum absolute atomic E-state index is 12.4. The van der Waals surface area contributed by atoms with Crippen LogP contribution in [0.4, 0.5) is 5.69 Å². The van der Waals surface area contributed by atoms with Gasteiger partial charge in [-0.2, -0.15) is 0 Å². The van der Waals surface area contributed by atoms with E-state index in [1.807, 2.05) is 41.8 Å². The Morgan fingerprint density at radius 1 is 1.19 bits per heavy atom. The minimum Gasteiger partial charge on any atom is -0.325 e. The molecule has 1 amide bonds. The van der Waals surface area contributed by atoms with E-state index in [2.05, 4.69) is 33.5 Å². The lowest BCUT2D eigenvalue weighted by molar-refractivity contribution is -0.113. The molecule has 0 aliphatic heterocycles. The highest BCUT2D eigenvalue weighted by Crippen LogP contribution is 2.31. The van der Waals surface area contributed by atoms with Crippen molar-refractivity contribution >= 4 is 68.3 Å². The second-order valence-electron chi connectivity index (χ2n) is 6.68. The summed E-state index contributed by atoms with van der Waals surface area (Å²) in [6.45, 7) is 4.71. The summed E-state index contributed by atoms with van der Waals surface area (Å²) in [6, 6.07) is 13.5. The molecular formula is C21H20ClN5OS3. The maximum atomic E-state index is 12.4. The van der Waals surface area contributed by atoms with Crippen LogP contribution in [0.3, 0.4) is 0 Å². The monoisotopic (exact) mass is 489 g/mol. The zero-order valence-corrected chi connectivity index (χ0v) is 20.2. The number of carbonyl (C=O) groups is 1. The number of hydrogen-bond donors (Lipinski definition) is 1. The number of aryl methyl sites for hydroxylation is 1. The van der Waals surface area contributed by atoms with Gasteiger partial charge in [0.1, 0.15) is 5.82 Å². The van der Waals surface area contributed by atoms with Crippen LogP contribution >= 0.6 is 46.5 Å². The van der Waals surface area contributed by atoms with Crippen LogP contribution in [0.15, 0.2) is 52.0 Å². The third kappa shape index (κ3) is 5.41. The lowest BCUT2D eigenvalue weighted by Gasteiger charge is -2.09. The summed E-state index contributed by atoms with van der Waals surface area (Å²) >= 11 is 10.7. The van der Waals surface area contributed by atoms with Crippen LogP contribution in [0.1, 0.15) is 18.3 Å². The van der Waals surface area contributed by atoms with Gasteiger partial charge in [0.2, 0.25) is 5.91 Å². The molecule has 2 heterocycles. The normalized spacial score (nSPS) is 11.2. The molecule has 4 aromatic rings. The Hall–Kier alpha value is -2.07. The van der Waals surface area contributed by atoms with Crippen molar-refractivity contribution in [1.29, 1.82) is 0 Å². The Morgan fingerprint density at radius 3 is 2.81 bits per heavy atom. The fraction of sp³-hybridized carbons (Fsp3) is 0.238. The van der Waals surface area contributed by atoms with E-state index in [1.165, 1.54) is 16.5 Å². The van der Waals surface area contributed by atoms with E-state index in [-0.39, 0.29) is 11.7 Å². The van der Waals surface area contributed by atoms with E-state index in [1.54, 1.807) is 29.2 Å². The van der Waals surface area contributed by atoms with Gasteiger partial charge in [-0.25, -0.2) is 4.98 Å². The second-order valence-corrected chi connectivity index (χ2v) is 10.3. The number of aromatic nitrogens is 4. The average molecular weight is 490 g/mol. The quantitative estimate of drug-likeness (QED) is 0.311. The summed E-state index contributed by atoms with van der Waals surface area (Å²) in [5.41, 5.74) is 2.71. The Bertz CT molecular complexity index is 1190. The maximum Gasteiger partial charge on any atom is 0.234 e. The summed E-state index contributed by atoms with van der Waals surface area (Å²) in [6.07, 6.45) is 0. The molecule has 160 valence electrons. The van der Waals surface area contributed by atoms with Gasteiger partial charge in [-0.1, -0.05) is 47.3 Å². The number of benzene rings is 2. The number of halogens is 1. The standard InChI is InChI=1S/C21H20ClN5OS3/c1-3-27-18(11-30-21-24-16-6-4-5-7-17(16)31-21)25-26-20(27)29-12-19(28)23-15-9-8-14(22)10-13(15)2/h4-10H,3,11-12H2,1-2H3,(H,23,28). The van der Waals surface area contributed by atoms with E-state index in [0.717, 1.165) is 38.6 Å². The first-order valence-corrected chi connectivity index (χ1v) is 12.8. The van der Waals surface area contributed by atoms with Crippen molar-refractivity contribution in [2.24, 2.45) is 0 Å². The number of thiazole rings is 1. The predicted molar refractivity (Wildman–Crippen MR) is 130 cm³/mol. The molecule has 1 N–H and O–H groups in total. The summed E-state index contributed by atoms with van der Waals surface area (Å²) in [7, 11) is 0. The molecule has 0 saturated heterocycles. The lowest BCUT2D eigenvalue weighted by atomic mass is 10.2. The number of nitrogens with zero attached hydrogens (tertiary/aromatic N) is 4. The molecule has 0 spiro atoms. The summed E-state index contributed by atoms with van der Waals surface area (Å²) in [4.78, 5) is 17.1. The van der Waals surface area contributed by atoms with Crippen LogP contribution in [0.25, 0.3) is 10.2 Å². The van der Waals surface area contributed by atoms with E-state index in [0.29, 0.717) is 10.8 Å². The highest BCUT2D eigenvalue weighted by molar-refractivity contribution is 8.00. The Labute approximate surface area is 197 Å². The molecule has 0 radical (unpaired) electrons. The van der Waals surface area contributed by atoms with Crippen molar-refractivity contribution in [3.63, 3.8) is 0 Å². The number of hydrogen-bond acceptors (Lipinski definition) is 7. The molecule has 10 heteroatoms. The molecular weight excluding hydrogens is 470 g/mol. The van der Waals surface area contributed by atoms with E-state index < -0.39 is 0 Å². The van der Waals surface area contributed by atoms with Gasteiger partial charge < -0.3 is 9.88 Å². The molecule has 2 aromatic carbocycles. The van der Waals surface area contributed by atoms with Crippen LogP contribution in [-0.4, -0.2) is 31.4 Å². The first-order chi connectivity index (χ1) is 15.0. The number of carbonyl (C=O) groups excluding carboxylic acids is 1. The van der Waals surface area contributed by atoms with Crippen molar-refractivity contribution < 1.29 is 4.79 Å². The first kappa shape index (κ1) is 22.1. The van der Waals surface area contributed by atoms with Crippen LogP contribution < -0.4 is 5.32 Å². The molecule has 4 rings (SSSR count). The van der Waals surface area contributed by atoms with Gasteiger partial charge in [0, 0.05) is 17.3 Å². The van der Waals surface area contributed by atoms with Crippen molar-refractivity contribution in [3.05, 3.63) is 58.9 Å². The highest BCUT2D eigenvalue weighted by Gasteiger charge is 2.15. The molecule has 6 nitrogen and oxygen atoms in total. The fourth-order valence-electron chi connectivity index (χ4n) is 2.97. The number of para-hydroxylation sites is 1. The summed E-state index contributed by atoms with van der Waals surface area (Å²) < 4.78 is 4.24. The number of rotatable bonds is 8. The third-order valence-corrected chi connectivity index (χ3v) is 7.88. The van der Waals surface area contributed by atoms with Crippen LogP contribution in [0, 0.1) is 6.92 Å². The van der Waals surface area contributed by atoms with Gasteiger partial charge in [0.05, 0.1) is 21.7 Å². The lowest BCUT2D eigenvalue weighted by Crippen LogP contribution is -2.15. The largest absolute Gasteiger partial charge is 0.325 e. The van der Waals surface area contributed by atoms with Gasteiger partial charge in [0.15, 0.2) is 9.50 Å². The Kier molecular flexibility index (Phi) is 7.16. The van der Waals surface area contributed by atoms with Crippen molar-refractivity contribution in [3.8, 4) is 0 Å². The first-order valence-electron chi connectivity index (χ1n) is 9.62. The van der Waals surface area contributed by atoms with E-state index in [9.17, 15) is 4.79 Å². The van der Waals surface area contributed by atoms with Gasteiger partial charge in [-0.15, -0.1) is 21.5 Å². The number of fused-ring (bicyclic) bond motifs is 1. The van der Waals surface area contributed by atoms with Crippen LogP contribution in [-0.2, 0) is 17.1 Å². The molecule has 0 saturated carbocycles. The fourth-order valence-corrected chi connectivity index (χ4v) is 6.03. The van der Waals surface area contributed by atoms with Crippen LogP contribution in [0.2, 0.25) is 5.02 Å². The predicted octanol–water partition coefficient (Wildman–Crippen LogP) is 5.89. The zero-order valence-electron chi connectivity index (χ0n) is 17.0. The molecule has 0 aliphatic rings. The van der Waals surface area contributed by atoms with E-state index in [4.69, 9.17) is 11.6 Å². The van der Waals surface area contributed by atoms with Gasteiger partial charge in [0.25, 0.3) is 0 Å². The molecule has 0 aliphatic carbocycles. The number of amides is 1. The van der Waals surface area contributed by atoms with Crippen LogP contribution in [0.5, 0.6) is 0 Å². The minimum absolute atomic E-state index is 0.0912. The van der Waals surface area contributed by atoms with Crippen molar-refractivity contribution in [2.45, 2.75) is 35.6 Å². The Balaban J connectivity index is 1.36. The third-order valence-electron chi connectivity index (χ3n) is 4.50. The van der Waals surface area contributed by atoms with Gasteiger partial charge in [-0.3, -0.25) is 4.79 Å². The molecule has 0 fully saturated rings.